The number of aliphatic hydroxyl groups excluding tert-OH is 1. The first-order valence-electron chi connectivity index (χ1n) is 9.11. The summed E-state index contributed by atoms with van der Waals surface area (Å²) in [5.74, 6) is -1.59. The van der Waals surface area contributed by atoms with Crippen molar-refractivity contribution in [2.75, 3.05) is 26.2 Å². The highest BCUT2D eigenvalue weighted by atomic mass is 32.2. The Bertz CT molecular complexity index is 749. The van der Waals surface area contributed by atoms with Crippen LogP contribution in [-0.4, -0.2) is 61.9 Å². The van der Waals surface area contributed by atoms with Gasteiger partial charge in [-0.2, -0.15) is 4.31 Å². The molecule has 0 spiro atoms. The van der Waals surface area contributed by atoms with E-state index in [9.17, 15) is 18.0 Å². The van der Waals surface area contributed by atoms with Crippen LogP contribution in [-0.2, 0) is 19.6 Å². The molecule has 150 valence electrons. The quantitative estimate of drug-likeness (QED) is 0.567. The standard InChI is InChI=1S/C18H27N3O5S/c1-14-5-7-16(8-6-14)27(25,26)21-12-3-2-4-15(21)9-10-19-17(23)18(24)20-11-13-22/h5-8,15,22H,2-4,9-13H2,1H3,(H,19,23)(H,20,24)/t15-/m1/s1. The van der Waals surface area contributed by atoms with Gasteiger partial charge in [0.1, 0.15) is 0 Å². The second-order valence-corrected chi connectivity index (χ2v) is 8.49. The first-order valence-corrected chi connectivity index (χ1v) is 10.6. The molecule has 9 heteroatoms. The van der Waals surface area contributed by atoms with Gasteiger partial charge in [-0.15, -0.1) is 0 Å². The van der Waals surface area contributed by atoms with E-state index in [2.05, 4.69) is 10.6 Å². The van der Waals surface area contributed by atoms with Crippen LogP contribution in [0.25, 0.3) is 0 Å². The van der Waals surface area contributed by atoms with Crippen LogP contribution in [0, 0.1) is 6.92 Å². The number of carbonyl (C=O) groups is 2. The van der Waals surface area contributed by atoms with E-state index in [-0.39, 0.29) is 30.6 Å². The van der Waals surface area contributed by atoms with E-state index in [1.165, 1.54) is 4.31 Å². The Morgan fingerprint density at radius 3 is 2.37 bits per heavy atom. The fourth-order valence-corrected chi connectivity index (χ4v) is 4.83. The van der Waals surface area contributed by atoms with Gasteiger partial charge in [0.15, 0.2) is 0 Å². The van der Waals surface area contributed by atoms with Crippen molar-refractivity contribution in [2.24, 2.45) is 0 Å². The van der Waals surface area contributed by atoms with Crippen LogP contribution >= 0.6 is 0 Å². The zero-order valence-corrected chi connectivity index (χ0v) is 16.3. The molecule has 1 aliphatic rings. The lowest BCUT2D eigenvalue weighted by Crippen LogP contribution is -2.46. The topological polar surface area (TPSA) is 116 Å². The van der Waals surface area contributed by atoms with E-state index in [4.69, 9.17) is 5.11 Å². The van der Waals surface area contributed by atoms with Gasteiger partial charge < -0.3 is 15.7 Å². The van der Waals surface area contributed by atoms with Gasteiger partial charge in [0.2, 0.25) is 10.0 Å². The van der Waals surface area contributed by atoms with Crippen molar-refractivity contribution in [1.29, 1.82) is 0 Å². The average Bonchev–Trinajstić information content (AvgIpc) is 2.66. The molecule has 1 atom stereocenters. The van der Waals surface area contributed by atoms with Crippen molar-refractivity contribution in [2.45, 2.75) is 43.5 Å². The van der Waals surface area contributed by atoms with Crippen LogP contribution in [0.3, 0.4) is 0 Å². The molecule has 0 radical (unpaired) electrons. The smallest absolute Gasteiger partial charge is 0.309 e. The summed E-state index contributed by atoms with van der Waals surface area (Å²) < 4.78 is 27.5. The predicted octanol–water partition coefficient (Wildman–Crippen LogP) is 0.153. The lowest BCUT2D eigenvalue weighted by molar-refractivity contribution is -0.139. The molecule has 1 heterocycles. The van der Waals surface area contributed by atoms with Crippen LogP contribution in [0.5, 0.6) is 0 Å². The summed E-state index contributed by atoms with van der Waals surface area (Å²) in [7, 11) is -3.59. The van der Waals surface area contributed by atoms with E-state index in [1.54, 1.807) is 24.3 Å². The molecule has 1 aromatic rings. The molecule has 3 N–H and O–H groups in total. The minimum atomic E-state index is -3.59. The number of sulfonamides is 1. The lowest BCUT2D eigenvalue weighted by Gasteiger charge is -2.34. The van der Waals surface area contributed by atoms with Crippen LogP contribution in [0.4, 0.5) is 0 Å². The number of nitrogens with zero attached hydrogens (tertiary/aromatic N) is 1. The second kappa shape index (κ2) is 9.82. The van der Waals surface area contributed by atoms with Crippen molar-refractivity contribution >= 4 is 21.8 Å². The number of benzene rings is 1. The van der Waals surface area contributed by atoms with Crippen LogP contribution in [0.15, 0.2) is 29.2 Å². The lowest BCUT2D eigenvalue weighted by atomic mass is 10.0. The zero-order valence-electron chi connectivity index (χ0n) is 15.5. The number of hydrogen-bond acceptors (Lipinski definition) is 5. The summed E-state index contributed by atoms with van der Waals surface area (Å²) in [6.45, 7) is 2.33. The minimum Gasteiger partial charge on any atom is -0.395 e. The Balaban J connectivity index is 1.97. The molecular weight excluding hydrogens is 370 g/mol. The number of carbonyl (C=O) groups excluding carboxylic acids is 2. The van der Waals surface area contributed by atoms with Crippen molar-refractivity contribution in [3.8, 4) is 0 Å². The highest BCUT2D eigenvalue weighted by Gasteiger charge is 2.33. The van der Waals surface area contributed by atoms with E-state index in [1.807, 2.05) is 6.92 Å². The molecule has 1 aromatic carbocycles. The monoisotopic (exact) mass is 397 g/mol. The number of aryl methyl sites for hydroxylation is 1. The number of hydrogen-bond donors (Lipinski definition) is 3. The number of nitrogens with one attached hydrogen (secondary N) is 2. The maximum Gasteiger partial charge on any atom is 0.309 e. The Morgan fingerprint density at radius 1 is 1.11 bits per heavy atom. The molecule has 0 unspecified atom stereocenters. The molecular formula is C18H27N3O5S. The molecule has 8 nitrogen and oxygen atoms in total. The van der Waals surface area contributed by atoms with Gasteiger partial charge >= 0.3 is 11.8 Å². The largest absolute Gasteiger partial charge is 0.395 e. The van der Waals surface area contributed by atoms with Crippen LogP contribution in [0.2, 0.25) is 0 Å². The van der Waals surface area contributed by atoms with Gasteiger partial charge in [0, 0.05) is 25.7 Å². The molecule has 0 saturated carbocycles. The summed E-state index contributed by atoms with van der Waals surface area (Å²) in [5.41, 5.74) is 0.992. The van der Waals surface area contributed by atoms with Gasteiger partial charge in [0.05, 0.1) is 11.5 Å². The predicted molar refractivity (Wildman–Crippen MR) is 100 cm³/mol. The third-order valence-electron chi connectivity index (χ3n) is 4.57. The van der Waals surface area contributed by atoms with E-state index in [0.29, 0.717) is 13.0 Å². The van der Waals surface area contributed by atoms with Gasteiger partial charge in [-0.1, -0.05) is 24.1 Å². The van der Waals surface area contributed by atoms with Crippen molar-refractivity contribution in [3.05, 3.63) is 29.8 Å². The Labute approximate surface area is 160 Å². The molecule has 2 rings (SSSR count). The summed E-state index contributed by atoms with van der Waals surface area (Å²) in [6, 6.07) is 6.56. The fraction of sp³-hybridized carbons (Fsp3) is 0.556. The first kappa shape index (κ1) is 21.3. The summed E-state index contributed by atoms with van der Waals surface area (Å²) in [5, 5.41) is 13.4. The average molecular weight is 397 g/mol. The first-order chi connectivity index (χ1) is 12.9. The van der Waals surface area contributed by atoms with E-state index in [0.717, 1.165) is 24.8 Å². The highest BCUT2D eigenvalue weighted by Crippen LogP contribution is 2.27. The minimum absolute atomic E-state index is 0.0114. The Kier molecular flexibility index (Phi) is 7.76. The third-order valence-corrected chi connectivity index (χ3v) is 6.53. The molecule has 1 aliphatic heterocycles. The maximum absolute atomic E-state index is 13.0. The summed E-state index contributed by atoms with van der Waals surface area (Å²) in [6.07, 6.45) is 2.88. The van der Waals surface area contributed by atoms with Crippen molar-refractivity contribution < 1.29 is 23.1 Å². The molecule has 0 aromatic heterocycles. The van der Waals surface area contributed by atoms with Gasteiger partial charge in [-0.25, -0.2) is 8.42 Å². The molecule has 27 heavy (non-hydrogen) atoms. The van der Waals surface area contributed by atoms with Gasteiger partial charge in [-0.05, 0) is 38.3 Å². The molecule has 1 fully saturated rings. The molecule has 1 saturated heterocycles. The SMILES string of the molecule is Cc1ccc(S(=O)(=O)N2CCCC[C@@H]2CCNC(=O)C(=O)NCCO)cc1. The highest BCUT2D eigenvalue weighted by molar-refractivity contribution is 7.89. The zero-order chi connectivity index (χ0) is 19.9. The van der Waals surface area contributed by atoms with Crippen LogP contribution in [0.1, 0.15) is 31.2 Å². The Hall–Kier alpha value is -1.97. The maximum atomic E-state index is 13.0. The number of rotatable bonds is 7. The molecule has 0 aliphatic carbocycles. The third kappa shape index (κ3) is 5.75. The van der Waals surface area contributed by atoms with Crippen LogP contribution < -0.4 is 10.6 Å². The summed E-state index contributed by atoms with van der Waals surface area (Å²) >= 11 is 0. The van der Waals surface area contributed by atoms with E-state index >= 15 is 0 Å². The molecule has 0 bridgehead atoms. The summed E-state index contributed by atoms with van der Waals surface area (Å²) in [4.78, 5) is 23.4. The second-order valence-electron chi connectivity index (χ2n) is 6.60. The van der Waals surface area contributed by atoms with Crippen molar-refractivity contribution in [1.82, 2.24) is 14.9 Å². The van der Waals surface area contributed by atoms with Crippen molar-refractivity contribution in [3.63, 3.8) is 0 Å². The number of aliphatic hydroxyl groups is 1. The van der Waals surface area contributed by atoms with Gasteiger partial charge in [0.25, 0.3) is 0 Å². The normalized spacial score (nSPS) is 18.1. The molecule has 2 amide bonds. The van der Waals surface area contributed by atoms with Gasteiger partial charge in [-0.3, -0.25) is 9.59 Å². The van der Waals surface area contributed by atoms with E-state index < -0.39 is 21.8 Å². The fourth-order valence-electron chi connectivity index (χ4n) is 3.11. The number of amides is 2. The number of piperidine rings is 1. The Morgan fingerprint density at radius 2 is 1.74 bits per heavy atom.